The van der Waals surface area contributed by atoms with Gasteiger partial charge in [0, 0.05) is 12.1 Å². The molecule has 4 heteroatoms. The average molecular weight is 398 g/mol. The fraction of sp³-hybridized carbons (Fsp3) is 0.480. The Morgan fingerprint density at radius 1 is 1.03 bits per heavy atom. The molecule has 0 unspecified atom stereocenters. The topological polar surface area (TPSA) is 49.8 Å². The summed E-state index contributed by atoms with van der Waals surface area (Å²) >= 11 is 0. The van der Waals surface area contributed by atoms with Crippen LogP contribution in [0.1, 0.15) is 74.9 Å². The summed E-state index contributed by atoms with van der Waals surface area (Å²) in [6.45, 7) is 12.5. The zero-order chi connectivity index (χ0) is 21.4. The molecular formula is C25H35NO3. The first-order chi connectivity index (χ1) is 13.8. The molecule has 0 heterocycles. The lowest BCUT2D eigenvalue weighted by Crippen LogP contribution is -2.38. The van der Waals surface area contributed by atoms with Crippen molar-refractivity contribution in [2.45, 2.75) is 72.1 Å². The van der Waals surface area contributed by atoms with E-state index < -0.39 is 5.97 Å². The minimum absolute atomic E-state index is 0.250. The molecular weight excluding hydrogens is 362 g/mol. The summed E-state index contributed by atoms with van der Waals surface area (Å²) in [6.07, 6.45) is 1.91. The van der Waals surface area contributed by atoms with Crippen molar-refractivity contribution < 1.29 is 14.6 Å². The van der Waals surface area contributed by atoms with Crippen molar-refractivity contribution in [2.75, 3.05) is 6.54 Å². The van der Waals surface area contributed by atoms with Crippen LogP contribution in [0.5, 0.6) is 5.75 Å². The van der Waals surface area contributed by atoms with Crippen LogP contribution in [-0.2, 0) is 6.61 Å². The molecule has 0 fully saturated rings. The zero-order valence-electron chi connectivity index (χ0n) is 18.4. The molecule has 0 aliphatic rings. The first kappa shape index (κ1) is 23.0. The summed E-state index contributed by atoms with van der Waals surface area (Å²) in [7, 11) is 0. The zero-order valence-corrected chi connectivity index (χ0v) is 18.4. The van der Waals surface area contributed by atoms with Crippen LogP contribution in [-0.4, -0.2) is 34.6 Å². The van der Waals surface area contributed by atoms with E-state index in [1.165, 1.54) is 0 Å². The first-order valence-corrected chi connectivity index (χ1v) is 10.6. The highest BCUT2D eigenvalue weighted by molar-refractivity contribution is 5.88. The van der Waals surface area contributed by atoms with Gasteiger partial charge in [0.25, 0.3) is 0 Å². The third-order valence-electron chi connectivity index (χ3n) is 5.49. The van der Waals surface area contributed by atoms with Gasteiger partial charge in [0.2, 0.25) is 0 Å². The molecule has 2 aromatic rings. The number of carboxylic acids is 1. The number of benzene rings is 2. The molecule has 29 heavy (non-hydrogen) atoms. The Morgan fingerprint density at radius 3 is 2.24 bits per heavy atom. The maximum absolute atomic E-state index is 11.6. The summed E-state index contributed by atoms with van der Waals surface area (Å²) in [5, 5.41) is 9.48. The van der Waals surface area contributed by atoms with E-state index in [4.69, 9.17) is 4.74 Å². The lowest BCUT2D eigenvalue weighted by molar-refractivity contribution is 0.0696. The van der Waals surface area contributed by atoms with Crippen LogP contribution in [0.3, 0.4) is 0 Å². The van der Waals surface area contributed by atoms with Gasteiger partial charge in [0.1, 0.15) is 12.4 Å². The molecule has 2 aromatic carbocycles. The smallest absolute Gasteiger partial charge is 0.335 e. The van der Waals surface area contributed by atoms with Crippen molar-refractivity contribution in [2.24, 2.45) is 0 Å². The van der Waals surface area contributed by atoms with Gasteiger partial charge in [-0.1, -0.05) is 37.3 Å². The SMILES string of the molecule is CC[C@@H](CCN(C(C)C)C(C)C)c1cc(C(=O)O)ccc1OCc1ccccc1. The van der Waals surface area contributed by atoms with Crippen LogP contribution in [0, 0.1) is 0 Å². The molecule has 1 N–H and O–H groups in total. The van der Waals surface area contributed by atoms with Gasteiger partial charge in [-0.3, -0.25) is 4.90 Å². The van der Waals surface area contributed by atoms with E-state index in [0.717, 1.165) is 36.3 Å². The number of ether oxygens (including phenoxy) is 1. The van der Waals surface area contributed by atoms with Gasteiger partial charge < -0.3 is 9.84 Å². The van der Waals surface area contributed by atoms with E-state index in [1.807, 2.05) is 36.4 Å². The largest absolute Gasteiger partial charge is 0.489 e. The minimum atomic E-state index is -0.901. The molecule has 158 valence electrons. The van der Waals surface area contributed by atoms with E-state index in [0.29, 0.717) is 24.3 Å². The van der Waals surface area contributed by atoms with Crippen LogP contribution in [0.15, 0.2) is 48.5 Å². The number of hydrogen-bond donors (Lipinski definition) is 1. The number of nitrogens with zero attached hydrogens (tertiary/aromatic N) is 1. The number of rotatable bonds is 11. The molecule has 0 amide bonds. The normalized spacial score (nSPS) is 12.6. The molecule has 4 nitrogen and oxygen atoms in total. The molecule has 0 saturated heterocycles. The second kappa shape index (κ2) is 11.0. The van der Waals surface area contributed by atoms with Crippen molar-refractivity contribution in [3.63, 3.8) is 0 Å². The fourth-order valence-corrected chi connectivity index (χ4v) is 3.86. The number of carboxylic acid groups (broad SMARTS) is 1. The number of aromatic carboxylic acids is 1. The fourth-order valence-electron chi connectivity index (χ4n) is 3.86. The molecule has 1 atom stereocenters. The van der Waals surface area contributed by atoms with Crippen LogP contribution in [0.4, 0.5) is 0 Å². The molecule has 2 rings (SSSR count). The van der Waals surface area contributed by atoms with Gasteiger partial charge in [-0.2, -0.15) is 0 Å². The van der Waals surface area contributed by atoms with Crippen LogP contribution < -0.4 is 4.74 Å². The maximum atomic E-state index is 11.6. The Morgan fingerprint density at radius 2 is 1.69 bits per heavy atom. The Balaban J connectivity index is 2.25. The van der Waals surface area contributed by atoms with Gasteiger partial charge in [0.05, 0.1) is 5.56 Å². The highest BCUT2D eigenvalue weighted by atomic mass is 16.5. The van der Waals surface area contributed by atoms with Gasteiger partial charge in [0.15, 0.2) is 0 Å². The van der Waals surface area contributed by atoms with Crippen molar-refractivity contribution in [1.29, 1.82) is 0 Å². The van der Waals surface area contributed by atoms with Crippen molar-refractivity contribution in [3.8, 4) is 5.75 Å². The summed E-state index contributed by atoms with van der Waals surface area (Å²) in [5.41, 5.74) is 2.41. The van der Waals surface area contributed by atoms with Crippen LogP contribution >= 0.6 is 0 Å². The summed E-state index contributed by atoms with van der Waals surface area (Å²) in [4.78, 5) is 14.0. The van der Waals surface area contributed by atoms with Crippen molar-refractivity contribution in [1.82, 2.24) is 4.90 Å². The predicted octanol–water partition coefficient (Wildman–Crippen LogP) is 5.97. The van der Waals surface area contributed by atoms with Gasteiger partial charge in [-0.25, -0.2) is 4.79 Å². The summed E-state index contributed by atoms with van der Waals surface area (Å²) < 4.78 is 6.14. The Kier molecular flexibility index (Phi) is 8.71. The number of hydrogen-bond acceptors (Lipinski definition) is 3. The van der Waals surface area contributed by atoms with E-state index in [-0.39, 0.29) is 5.92 Å². The molecule has 0 radical (unpaired) electrons. The second-order valence-electron chi connectivity index (χ2n) is 8.15. The predicted molar refractivity (Wildman–Crippen MR) is 119 cm³/mol. The quantitative estimate of drug-likeness (QED) is 0.508. The standard InChI is InChI=1S/C25H35NO3/c1-6-21(14-15-26(18(2)3)19(4)5)23-16-22(25(27)28)12-13-24(23)29-17-20-10-8-7-9-11-20/h7-13,16,18-19,21H,6,14-15,17H2,1-5H3,(H,27,28)/t21-/m0/s1. The molecule has 0 aliphatic heterocycles. The molecule has 0 spiro atoms. The summed E-state index contributed by atoms with van der Waals surface area (Å²) in [5.74, 6) is 0.133. The van der Waals surface area contributed by atoms with Crippen LogP contribution in [0.2, 0.25) is 0 Å². The first-order valence-electron chi connectivity index (χ1n) is 10.6. The highest BCUT2D eigenvalue weighted by Gasteiger charge is 2.20. The third-order valence-corrected chi connectivity index (χ3v) is 5.49. The van der Waals surface area contributed by atoms with E-state index in [1.54, 1.807) is 12.1 Å². The van der Waals surface area contributed by atoms with Gasteiger partial charge in [-0.15, -0.1) is 0 Å². The minimum Gasteiger partial charge on any atom is -0.489 e. The van der Waals surface area contributed by atoms with E-state index >= 15 is 0 Å². The van der Waals surface area contributed by atoms with E-state index in [9.17, 15) is 9.90 Å². The lowest BCUT2D eigenvalue weighted by Gasteiger charge is -2.32. The number of carbonyl (C=O) groups is 1. The third kappa shape index (κ3) is 6.60. The molecule has 0 aromatic heterocycles. The van der Waals surface area contributed by atoms with Crippen molar-refractivity contribution >= 4 is 5.97 Å². The Bertz CT molecular complexity index is 763. The average Bonchev–Trinajstić information content (AvgIpc) is 2.70. The maximum Gasteiger partial charge on any atom is 0.335 e. The van der Waals surface area contributed by atoms with Gasteiger partial charge in [-0.05, 0) is 82.3 Å². The van der Waals surface area contributed by atoms with Gasteiger partial charge >= 0.3 is 5.97 Å². The second-order valence-corrected chi connectivity index (χ2v) is 8.15. The Labute approximate surface area is 175 Å². The molecule has 0 aliphatic carbocycles. The van der Waals surface area contributed by atoms with E-state index in [2.05, 4.69) is 39.5 Å². The highest BCUT2D eigenvalue weighted by Crippen LogP contribution is 2.33. The molecule has 0 bridgehead atoms. The van der Waals surface area contributed by atoms with Crippen LogP contribution in [0.25, 0.3) is 0 Å². The summed E-state index contributed by atoms with van der Waals surface area (Å²) in [6, 6.07) is 16.2. The molecule has 0 saturated carbocycles. The van der Waals surface area contributed by atoms with Crippen molar-refractivity contribution in [3.05, 3.63) is 65.2 Å². The lowest BCUT2D eigenvalue weighted by atomic mass is 9.90. The monoisotopic (exact) mass is 397 g/mol. The Hall–Kier alpha value is -2.33.